The second-order valence-electron chi connectivity index (χ2n) is 7.73. The zero-order valence-electron chi connectivity index (χ0n) is 17.1. The van der Waals surface area contributed by atoms with Gasteiger partial charge in [0.2, 0.25) is 5.91 Å². The Morgan fingerprint density at radius 3 is 2.72 bits per heavy atom. The summed E-state index contributed by atoms with van der Waals surface area (Å²) < 4.78 is 7.13. The molecule has 0 spiro atoms. The molecule has 0 bridgehead atoms. The van der Waals surface area contributed by atoms with Gasteiger partial charge in [0.1, 0.15) is 5.75 Å². The molecule has 154 valence electrons. The summed E-state index contributed by atoms with van der Waals surface area (Å²) >= 11 is 0. The number of rotatable bonds is 4. The van der Waals surface area contributed by atoms with Crippen molar-refractivity contribution in [3.63, 3.8) is 0 Å². The third-order valence-corrected chi connectivity index (χ3v) is 5.90. The van der Waals surface area contributed by atoms with Crippen molar-refractivity contribution in [2.75, 3.05) is 37.7 Å². The number of benzene rings is 1. The molecule has 7 heteroatoms. The number of carbonyl (C=O) groups excluding carboxylic acids is 1. The van der Waals surface area contributed by atoms with E-state index < -0.39 is 0 Å². The van der Waals surface area contributed by atoms with E-state index in [1.54, 1.807) is 13.1 Å². The van der Waals surface area contributed by atoms with Gasteiger partial charge in [-0.1, -0.05) is 12.1 Å². The van der Waals surface area contributed by atoms with E-state index in [4.69, 9.17) is 4.74 Å². The van der Waals surface area contributed by atoms with Crippen LogP contribution in [0.1, 0.15) is 24.6 Å². The molecule has 2 aromatic rings. The number of carbonyl (C=O) groups is 1. The topological polar surface area (TPSA) is 67.7 Å². The first-order chi connectivity index (χ1) is 14.1. The molecule has 1 unspecified atom stereocenters. The zero-order chi connectivity index (χ0) is 20.4. The number of aryl methyl sites for hydroxylation is 2. The van der Waals surface area contributed by atoms with Crippen molar-refractivity contribution in [3.05, 3.63) is 51.9 Å². The van der Waals surface area contributed by atoms with E-state index in [-0.39, 0.29) is 17.4 Å². The number of aromatic nitrogens is 2. The number of fused-ring (bicyclic) bond motifs is 1. The van der Waals surface area contributed by atoms with Crippen molar-refractivity contribution < 1.29 is 9.53 Å². The van der Waals surface area contributed by atoms with Gasteiger partial charge in [-0.05, 0) is 43.9 Å². The molecule has 0 radical (unpaired) electrons. The van der Waals surface area contributed by atoms with Crippen LogP contribution in [0.25, 0.3) is 0 Å². The van der Waals surface area contributed by atoms with E-state index in [0.717, 1.165) is 48.6 Å². The summed E-state index contributed by atoms with van der Waals surface area (Å²) in [6.45, 7) is 5.62. The third-order valence-electron chi connectivity index (χ3n) is 5.90. The quantitative estimate of drug-likeness (QED) is 0.786. The molecule has 4 rings (SSSR count). The maximum atomic E-state index is 13.1. The summed E-state index contributed by atoms with van der Waals surface area (Å²) in [6.07, 6.45) is 2.16. The average Bonchev–Trinajstić information content (AvgIpc) is 2.74. The van der Waals surface area contributed by atoms with E-state index in [2.05, 4.69) is 16.1 Å². The van der Waals surface area contributed by atoms with Crippen LogP contribution in [0.2, 0.25) is 0 Å². The number of anilines is 1. The Morgan fingerprint density at radius 1 is 1.21 bits per heavy atom. The summed E-state index contributed by atoms with van der Waals surface area (Å²) in [7, 11) is 1.67. The molecule has 2 aliphatic rings. The SMILES string of the molecule is CCOc1ccccc1N1CCN(C(=O)C2CCc3nn(C)c(=O)cc3C2)CC1. The summed E-state index contributed by atoms with van der Waals surface area (Å²) in [6, 6.07) is 9.72. The first-order valence-corrected chi connectivity index (χ1v) is 10.4. The Kier molecular flexibility index (Phi) is 5.56. The molecule has 1 fully saturated rings. The van der Waals surface area contributed by atoms with Gasteiger partial charge < -0.3 is 14.5 Å². The van der Waals surface area contributed by atoms with Gasteiger partial charge in [0.25, 0.3) is 5.56 Å². The Hall–Kier alpha value is -2.83. The smallest absolute Gasteiger partial charge is 0.266 e. The Morgan fingerprint density at radius 2 is 1.97 bits per heavy atom. The number of piperazine rings is 1. The second kappa shape index (κ2) is 8.27. The monoisotopic (exact) mass is 396 g/mol. The van der Waals surface area contributed by atoms with Crippen molar-refractivity contribution in [1.29, 1.82) is 0 Å². The van der Waals surface area contributed by atoms with Crippen molar-refractivity contribution >= 4 is 11.6 Å². The van der Waals surface area contributed by atoms with Gasteiger partial charge in [-0.15, -0.1) is 0 Å². The van der Waals surface area contributed by atoms with Gasteiger partial charge in [0, 0.05) is 45.2 Å². The lowest BCUT2D eigenvalue weighted by molar-refractivity contribution is -0.136. The Labute approximate surface area is 170 Å². The van der Waals surface area contributed by atoms with Crippen LogP contribution in [-0.2, 0) is 24.7 Å². The fourth-order valence-corrected chi connectivity index (χ4v) is 4.32. The number of nitrogens with zero attached hydrogens (tertiary/aromatic N) is 4. The molecule has 0 saturated carbocycles. The van der Waals surface area contributed by atoms with Crippen molar-refractivity contribution in [2.24, 2.45) is 13.0 Å². The molecular weight excluding hydrogens is 368 g/mol. The molecule has 1 aliphatic carbocycles. The molecule has 1 aromatic carbocycles. The number of hydrogen-bond acceptors (Lipinski definition) is 5. The van der Waals surface area contributed by atoms with Gasteiger partial charge in [-0.2, -0.15) is 5.10 Å². The third kappa shape index (κ3) is 3.99. The molecule has 7 nitrogen and oxygen atoms in total. The van der Waals surface area contributed by atoms with E-state index in [1.165, 1.54) is 4.68 Å². The lowest BCUT2D eigenvalue weighted by atomic mass is 9.86. The van der Waals surface area contributed by atoms with E-state index in [9.17, 15) is 9.59 Å². The highest BCUT2D eigenvalue weighted by molar-refractivity contribution is 5.80. The summed E-state index contributed by atoms with van der Waals surface area (Å²) in [5.74, 6) is 1.04. The molecule has 1 aromatic heterocycles. The lowest BCUT2D eigenvalue weighted by Gasteiger charge is -2.38. The summed E-state index contributed by atoms with van der Waals surface area (Å²) in [5, 5.41) is 4.35. The van der Waals surface area contributed by atoms with Crippen LogP contribution in [-0.4, -0.2) is 53.4 Å². The molecule has 0 N–H and O–H groups in total. The fraction of sp³-hybridized carbons (Fsp3) is 0.500. The van der Waals surface area contributed by atoms with Crippen LogP contribution < -0.4 is 15.2 Å². The van der Waals surface area contributed by atoms with Gasteiger partial charge in [-0.3, -0.25) is 9.59 Å². The van der Waals surface area contributed by atoms with Crippen molar-refractivity contribution in [1.82, 2.24) is 14.7 Å². The molecule has 1 atom stereocenters. The fourth-order valence-electron chi connectivity index (χ4n) is 4.32. The second-order valence-corrected chi connectivity index (χ2v) is 7.73. The highest BCUT2D eigenvalue weighted by Crippen LogP contribution is 2.30. The highest BCUT2D eigenvalue weighted by atomic mass is 16.5. The van der Waals surface area contributed by atoms with Crippen molar-refractivity contribution in [2.45, 2.75) is 26.2 Å². The first-order valence-electron chi connectivity index (χ1n) is 10.4. The molecular formula is C22H28N4O3. The molecule has 2 heterocycles. The molecule has 29 heavy (non-hydrogen) atoms. The van der Waals surface area contributed by atoms with Crippen LogP contribution in [0.3, 0.4) is 0 Å². The largest absolute Gasteiger partial charge is 0.492 e. The predicted octanol–water partition coefficient (Wildman–Crippen LogP) is 1.63. The highest BCUT2D eigenvalue weighted by Gasteiger charge is 2.31. The normalized spacial score (nSPS) is 19.0. The maximum Gasteiger partial charge on any atom is 0.266 e. The van der Waals surface area contributed by atoms with Crippen molar-refractivity contribution in [3.8, 4) is 5.75 Å². The first kappa shape index (κ1) is 19.5. The van der Waals surface area contributed by atoms with Gasteiger partial charge in [0.15, 0.2) is 0 Å². The number of hydrogen-bond donors (Lipinski definition) is 0. The number of amides is 1. The minimum atomic E-state index is -0.113. The Balaban J connectivity index is 1.40. The van der Waals surface area contributed by atoms with Gasteiger partial charge in [0.05, 0.1) is 18.0 Å². The zero-order valence-corrected chi connectivity index (χ0v) is 17.1. The predicted molar refractivity (Wildman–Crippen MR) is 111 cm³/mol. The van der Waals surface area contributed by atoms with Crippen LogP contribution in [0.15, 0.2) is 35.1 Å². The van der Waals surface area contributed by atoms with Crippen LogP contribution in [0, 0.1) is 5.92 Å². The van der Waals surface area contributed by atoms with E-state index in [1.807, 2.05) is 30.0 Å². The molecule has 1 amide bonds. The van der Waals surface area contributed by atoms with Gasteiger partial charge in [-0.25, -0.2) is 4.68 Å². The minimum absolute atomic E-state index is 0.0568. The van der Waals surface area contributed by atoms with Gasteiger partial charge >= 0.3 is 0 Å². The van der Waals surface area contributed by atoms with Crippen LogP contribution in [0.5, 0.6) is 5.75 Å². The standard InChI is InChI=1S/C22H28N4O3/c1-3-29-20-7-5-4-6-19(20)25-10-12-26(13-11-25)22(28)16-8-9-18-17(14-16)15-21(27)24(2)23-18/h4-7,15-16H,3,8-14H2,1-2H3. The molecule has 1 aliphatic heterocycles. The van der Waals surface area contributed by atoms with E-state index >= 15 is 0 Å². The number of ether oxygens (including phenoxy) is 1. The lowest BCUT2D eigenvalue weighted by Crippen LogP contribution is -2.51. The minimum Gasteiger partial charge on any atom is -0.492 e. The summed E-state index contributed by atoms with van der Waals surface area (Å²) in [5.41, 5.74) is 2.86. The number of para-hydroxylation sites is 2. The van der Waals surface area contributed by atoms with E-state index in [0.29, 0.717) is 26.1 Å². The maximum absolute atomic E-state index is 13.1. The average molecular weight is 396 g/mol. The van der Waals surface area contributed by atoms with Crippen LogP contribution in [0.4, 0.5) is 5.69 Å². The Bertz CT molecular complexity index is 947. The summed E-state index contributed by atoms with van der Waals surface area (Å²) in [4.78, 5) is 29.3. The molecule has 1 saturated heterocycles. The van der Waals surface area contributed by atoms with Crippen LogP contribution >= 0.6 is 0 Å².